The number of hydrogen-bond acceptors (Lipinski definition) is 5. The summed E-state index contributed by atoms with van der Waals surface area (Å²) in [5.41, 5.74) is 5.21. The first kappa shape index (κ1) is 19.3. The van der Waals surface area contributed by atoms with Gasteiger partial charge in [-0.25, -0.2) is 4.68 Å². The van der Waals surface area contributed by atoms with Crippen molar-refractivity contribution in [1.29, 1.82) is 0 Å². The van der Waals surface area contributed by atoms with Gasteiger partial charge < -0.3 is 4.42 Å². The Morgan fingerprint density at radius 3 is 2.35 bits per heavy atom. The number of furan rings is 1. The lowest BCUT2D eigenvalue weighted by atomic mass is 9.92. The first-order valence-electron chi connectivity index (χ1n) is 10.5. The third-order valence-corrected chi connectivity index (χ3v) is 5.57. The molecule has 5 rings (SSSR count). The van der Waals surface area contributed by atoms with E-state index < -0.39 is 0 Å². The molecular formula is C25H25N5O. The van der Waals surface area contributed by atoms with E-state index in [9.17, 15) is 0 Å². The Balaban J connectivity index is 1.47. The minimum absolute atomic E-state index is 0.0369. The van der Waals surface area contributed by atoms with Crippen LogP contribution in [0.15, 0.2) is 88.7 Å². The lowest BCUT2D eigenvalue weighted by Gasteiger charge is -2.21. The molecule has 0 spiro atoms. The van der Waals surface area contributed by atoms with Crippen molar-refractivity contribution < 1.29 is 4.42 Å². The van der Waals surface area contributed by atoms with Crippen LogP contribution in [0.4, 0.5) is 5.69 Å². The lowest BCUT2D eigenvalue weighted by molar-refractivity contribution is 0.465. The highest BCUT2D eigenvalue weighted by atomic mass is 16.3. The predicted octanol–water partition coefficient (Wildman–Crippen LogP) is 5.51. The fourth-order valence-corrected chi connectivity index (χ4v) is 3.94. The summed E-state index contributed by atoms with van der Waals surface area (Å²) >= 11 is 0. The summed E-state index contributed by atoms with van der Waals surface area (Å²) in [6, 6.07) is 22.6. The number of benzene rings is 2. The van der Waals surface area contributed by atoms with Gasteiger partial charge >= 0.3 is 0 Å². The molecule has 0 amide bonds. The van der Waals surface area contributed by atoms with Crippen molar-refractivity contribution in [2.75, 3.05) is 5.01 Å². The van der Waals surface area contributed by atoms with Crippen molar-refractivity contribution in [1.82, 2.24) is 15.0 Å². The van der Waals surface area contributed by atoms with Crippen LogP contribution in [0.2, 0.25) is 0 Å². The molecule has 0 saturated carbocycles. The van der Waals surface area contributed by atoms with E-state index >= 15 is 0 Å². The van der Waals surface area contributed by atoms with Crippen LogP contribution in [0.1, 0.15) is 50.3 Å². The quantitative estimate of drug-likeness (QED) is 0.444. The van der Waals surface area contributed by atoms with E-state index in [1.54, 1.807) is 6.26 Å². The van der Waals surface area contributed by atoms with Gasteiger partial charge in [0, 0.05) is 11.8 Å². The van der Waals surface area contributed by atoms with Crippen LogP contribution in [0.25, 0.3) is 5.69 Å². The number of rotatable bonds is 4. The van der Waals surface area contributed by atoms with Crippen LogP contribution in [0, 0.1) is 0 Å². The van der Waals surface area contributed by atoms with Gasteiger partial charge in [0.15, 0.2) is 0 Å². The fraction of sp³-hybridized carbons (Fsp3) is 0.240. The normalized spacial score (nSPS) is 16.5. The van der Waals surface area contributed by atoms with Gasteiger partial charge in [0.2, 0.25) is 0 Å². The third-order valence-electron chi connectivity index (χ3n) is 5.57. The van der Waals surface area contributed by atoms with Gasteiger partial charge in [-0.3, -0.25) is 5.01 Å². The Morgan fingerprint density at radius 1 is 0.903 bits per heavy atom. The van der Waals surface area contributed by atoms with Gasteiger partial charge in [-0.2, -0.15) is 5.10 Å². The minimum Gasteiger partial charge on any atom is -0.467 e. The van der Waals surface area contributed by atoms with Crippen LogP contribution in [-0.4, -0.2) is 20.7 Å². The molecule has 0 N–H and O–H groups in total. The summed E-state index contributed by atoms with van der Waals surface area (Å²) in [4.78, 5) is 0. The average Bonchev–Trinajstić information content (AvgIpc) is 3.54. The topological polar surface area (TPSA) is 59.5 Å². The van der Waals surface area contributed by atoms with E-state index in [0.717, 1.165) is 40.5 Å². The standard InChI is InChI=1S/C25H25N5O/c1-25(2,3)24-17-26-28-30(24)20-13-11-18(12-14-20)21-16-22(23-10-7-15-31-23)29(27-21)19-8-5-4-6-9-19/h4-15,17,22H,16H2,1-3H3/t22-/m0/s1. The lowest BCUT2D eigenvalue weighted by Crippen LogP contribution is -2.17. The number of para-hydroxylation sites is 1. The second kappa shape index (κ2) is 7.54. The highest BCUT2D eigenvalue weighted by Crippen LogP contribution is 2.36. The van der Waals surface area contributed by atoms with Crippen molar-refractivity contribution >= 4 is 11.4 Å². The molecule has 1 atom stereocenters. The summed E-state index contributed by atoms with van der Waals surface area (Å²) in [5.74, 6) is 0.914. The van der Waals surface area contributed by atoms with Crippen molar-refractivity contribution in [3.05, 3.63) is 96.2 Å². The Bertz CT molecular complexity index is 1180. The smallest absolute Gasteiger partial charge is 0.128 e. The van der Waals surface area contributed by atoms with Crippen molar-refractivity contribution in [2.45, 2.75) is 38.6 Å². The Labute approximate surface area is 181 Å². The largest absolute Gasteiger partial charge is 0.467 e. The molecule has 0 unspecified atom stereocenters. The highest BCUT2D eigenvalue weighted by Gasteiger charge is 2.31. The van der Waals surface area contributed by atoms with E-state index in [2.05, 4.69) is 72.5 Å². The summed E-state index contributed by atoms with van der Waals surface area (Å²) in [6.07, 6.45) is 4.33. The van der Waals surface area contributed by atoms with Crippen molar-refractivity contribution in [2.24, 2.45) is 5.10 Å². The first-order chi connectivity index (χ1) is 15.0. The number of anilines is 1. The summed E-state index contributed by atoms with van der Waals surface area (Å²) in [7, 11) is 0. The van der Waals surface area contributed by atoms with Crippen LogP contribution < -0.4 is 5.01 Å². The number of aromatic nitrogens is 3. The fourth-order valence-electron chi connectivity index (χ4n) is 3.94. The zero-order valence-electron chi connectivity index (χ0n) is 17.9. The molecule has 0 fully saturated rings. The Kier molecular flexibility index (Phi) is 4.70. The molecule has 6 nitrogen and oxygen atoms in total. The SMILES string of the molecule is CC(C)(C)c1cnnn1-c1ccc(C2=NN(c3ccccc3)[C@H](c3ccco3)C2)cc1. The van der Waals surface area contributed by atoms with Crippen molar-refractivity contribution in [3.63, 3.8) is 0 Å². The molecule has 3 heterocycles. The molecule has 4 aromatic rings. The van der Waals surface area contributed by atoms with Crippen molar-refractivity contribution in [3.8, 4) is 5.69 Å². The number of nitrogens with zero attached hydrogens (tertiary/aromatic N) is 5. The third kappa shape index (κ3) is 3.65. The number of hydrogen-bond donors (Lipinski definition) is 0. The molecule has 0 saturated heterocycles. The molecule has 0 bridgehead atoms. The zero-order chi connectivity index (χ0) is 21.4. The monoisotopic (exact) mass is 411 g/mol. The molecule has 0 aliphatic carbocycles. The van der Waals surface area contributed by atoms with Gasteiger partial charge in [0.25, 0.3) is 0 Å². The molecule has 1 aliphatic rings. The maximum Gasteiger partial charge on any atom is 0.128 e. The second-order valence-corrected chi connectivity index (χ2v) is 8.79. The van der Waals surface area contributed by atoms with E-state index in [1.807, 2.05) is 41.2 Å². The highest BCUT2D eigenvalue weighted by molar-refractivity contribution is 6.03. The van der Waals surface area contributed by atoms with Gasteiger partial charge in [-0.05, 0) is 42.0 Å². The van der Waals surface area contributed by atoms with Gasteiger partial charge in [-0.15, -0.1) is 5.10 Å². The van der Waals surface area contributed by atoms with Crippen LogP contribution in [0.3, 0.4) is 0 Å². The molecule has 0 radical (unpaired) electrons. The first-order valence-corrected chi connectivity index (χ1v) is 10.5. The van der Waals surface area contributed by atoms with Gasteiger partial charge in [-0.1, -0.05) is 56.3 Å². The van der Waals surface area contributed by atoms with E-state index in [0.29, 0.717) is 0 Å². The Morgan fingerprint density at radius 2 is 1.68 bits per heavy atom. The Hall–Kier alpha value is -3.67. The maximum absolute atomic E-state index is 5.73. The summed E-state index contributed by atoms with van der Waals surface area (Å²) in [6.45, 7) is 6.49. The van der Waals surface area contributed by atoms with Crippen LogP contribution in [0.5, 0.6) is 0 Å². The van der Waals surface area contributed by atoms with E-state index in [-0.39, 0.29) is 11.5 Å². The van der Waals surface area contributed by atoms with Crippen LogP contribution in [-0.2, 0) is 5.41 Å². The second-order valence-electron chi connectivity index (χ2n) is 8.79. The molecule has 31 heavy (non-hydrogen) atoms. The molecule has 6 heteroatoms. The molecule has 2 aromatic heterocycles. The maximum atomic E-state index is 5.73. The molecule has 1 aliphatic heterocycles. The van der Waals surface area contributed by atoms with E-state index in [1.165, 1.54) is 0 Å². The van der Waals surface area contributed by atoms with Crippen LogP contribution >= 0.6 is 0 Å². The number of hydrazone groups is 1. The molecule has 156 valence electrons. The minimum atomic E-state index is -0.0375. The van der Waals surface area contributed by atoms with Gasteiger partial charge in [0.05, 0.1) is 35.2 Å². The average molecular weight is 412 g/mol. The van der Waals surface area contributed by atoms with Gasteiger partial charge in [0.1, 0.15) is 11.8 Å². The zero-order valence-corrected chi connectivity index (χ0v) is 17.9. The molecule has 2 aromatic carbocycles. The molecular weight excluding hydrogens is 386 g/mol. The summed E-state index contributed by atoms with van der Waals surface area (Å²) < 4.78 is 7.64. The summed E-state index contributed by atoms with van der Waals surface area (Å²) in [5, 5.41) is 15.4. The predicted molar refractivity (Wildman–Crippen MR) is 122 cm³/mol. The van der Waals surface area contributed by atoms with E-state index in [4.69, 9.17) is 9.52 Å².